The summed E-state index contributed by atoms with van der Waals surface area (Å²) in [6.45, 7) is 19.2. The summed E-state index contributed by atoms with van der Waals surface area (Å²) in [5.74, 6) is 0.780. The summed E-state index contributed by atoms with van der Waals surface area (Å²) in [7, 11) is 0. The summed E-state index contributed by atoms with van der Waals surface area (Å²) >= 11 is 0. The molecular weight excluding hydrogens is 392 g/mol. The van der Waals surface area contributed by atoms with Crippen LogP contribution in [0.3, 0.4) is 0 Å². The second-order valence-electron chi connectivity index (χ2n) is 9.25. The van der Waals surface area contributed by atoms with Crippen LogP contribution in [0.25, 0.3) is 11.3 Å². The zero-order valence-electron chi connectivity index (χ0n) is 20.1. The molecule has 0 spiro atoms. The molecule has 0 bridgehead atoms. The molecule has 1 fully saturated rings. The molecule has 0 radical (unpaired) electrons. The van der Waals surface area contributed by atoms with Crippen molar-refractivity contribution in [2.24, 2.45) is 5.92 Å². The minimum Gasteiger partial charge on any atom is -0.359 e. The summed E-state index contributed by atoms with van der Waals surface area (Å²) in [4.78, 5) is 0. The summed E-state index contributed by atoms with van der Waals surface area (Å²) < 4.78 is 1.95. The van der Waals surface area contributed by atoms with Gasteiger partial charge in [-0.3, -0.25) is 4.68 Å². The molecule has 1 aromatic carbocycles. The van der Waals surface area contributed by atoms with Crippen LogP contribution in [0.2, 0.25) is 0 Å². The molecule has 3 rings (SSSR count). The molecule has 0 aliphatic carbocycles. The van der Waals surface area contributed by atoms with Gasteiger partial charge in [-0.15, -0.1) is 0 Å². The van der Waals surface area contributed by atoms with Crippen molar-refractivity contribution in [3.63, 3.8) is 0 Å². The van der Waals surface area contributed by atoms with Crippen LogP contribution in [-0.2, 0) is 6.42 Å². The maximum absolute atomic E-state index is 4.41. The van der Waals surface area contributed by atoms with E-state index in [-0.39, 0.29) is 0 Å². The molecule has 0 saturated carbocycles. The molecule has 2 aromatic rings. The monoisotopic (exact) mass is 430 g/mol. The Bertz CT molecular complexity index is 1000. The zero-order chi connectivity index (χ0) is 23.1. The van der Waals surface area contributed by atoms with Crippen molar-refractivity contribution in [1.29, 1.82) is 0 Å². The minimum atomic E-state index is 0.345. The van der Waals surface area contributed by atoms with Gasteiger partial charge < -0.3 is 10.6 Å². The van der Waals surface area contributed by atoms with Crippen molar-refractivity contribution in [2.45, 2.75) is 53.0 Å². The number of allylic oxidation sites excluding steroid dienone is 5. The molecule has 1 saturated heterocycles. The molecule has 170 valence electrons. The molecule has 1 aliphatic heterocycles. The van der Waals surface area contributed by atoms with Crippen LogP contribution in [0.15, 0.2) is 73.2 Å². The Morgan fingerprint density at radius 1 is 1.19 bits per heavy atom. The van der Waals surface area contributed by atoms with E-state index in [0.717, 1.165) is 59.1 Å². The van der Waals surface area contributed by atoms with Crippen LogP contribution in [0.4, 0.5) is 0 Å². The van der Waals surface area contributed by atoms with Gasteiger partial charge in [0.2, 0.25) is 0 Å². The highest BCUT2D eigenvalue weighted by Gasteiger charge is 2.14. The molecule has 1 aromatic heterocycles. The van der Waals surface area contributed by atoms with Crippen LogP contribution in [-0.4, -0.2) is 22.9 Å². The summed E-state index contributed by atoms with van der Waals surface area (Å²) in [5.41, 5.74) is 7.67. The number of nitrogens with zero attached hydrogens (tertiary/aromatic N) is 2. The van der Waals surface area contributed by atoms with Crippen LogP contribution < -0.4 is 10.6 Å². The summed E-state index contributed by atoms with van der Waals surface area (Å²) in [6.07, 6.45) is 11.8. The summed E-state index contributed by atoms with van der Waals surface area (Å²) in [6, 6.07) is 9.13. The molecule has 0 atom stereocenters. The Kier molecular flexibility index (Phi) is 8.29. The number of hydrogen-bond donors (Lipinski definition) is 2. The van der Waals surface area contributed by atoms with Crippen LogP contribution in [0.5, 0.6) is 0 Å². The van der Waals surface area contributed by atoms with Crippen molar-refractivity contribution in [2.75, 3.05) is 13.1 Å². The van der Waals surface area contributed by atoms with Gasteiger partial charge in [0.1, 0.15) is 0 Å². The SMILES string of the molecule is C=C(/C=C(C)/C=C(\C)NC(=C)c1cccc(CC2CCNCC2)c1)c1cnn(C(C)C)c1. The third-order valence-corrected chi connectivity index (χ3v) is 5.95. The predicted octanol–water partition coefficient (Wildman–Crippen LogP) is 6.13. The predicted molar refractivity (Wildman–Crippen MR) is 137 cm³/mol. The number of benzene rings is 1. The van der Waals surface area contributed by atoms with E-state index in [1.165, 1.54) is 18.4 Å². The average Bonchev–Trinajstić information content (AvgIpc) is 3.25. The van der Waals surface area contributed by atoms with Gasteiger partial charge in [-0.25, -0.2) is 0 Å². The van der Waals surface area contributed by atoms with Gasteiger partial charge in [-0.1, -0.05) is 37.4 Å². The third kappa shape index (κ3) is 6.83. The second kappa shape index (κ2) is 11.1. The van der Waals surface area contributed by atoms with Crippen molar-refractivity contribution in [3.8, 4) is 0 Å². The number of nitrogens with one attached hydrogen (secondary N) is 2. The van der Waals surface area contributed by atoms with E-state index in [1.54, 1.807) is 0 Å². The molecule has 2 heterocycles. The number of piperidine rings is 1. The Morgan fingerprint density at radius 3 is 2.62 bits per heavy atom. The van der Waals surface area contributed by atoms with Gasteiger partial charge in [0.25, 0.3) is 0 Å². The van der Waals surface area contributed by atoms with E-state index in [4.69, 9.17) is 0 Å². The van der Waals surface area contributed by atoms with E-state index in [9.17, 15) is 0 Å². The topological polar surface area (TPSA) is 41.9 Å². The smallest absolute Gasteiger partial charge is 0.0568 e. The van der Waals surface area contributed by atoms with Crippen LogP contribution in [0, 0.1) is 5.92 Å². The fourth-order valence-corrected chi connectivity index (χ4v) is 4.18. The highest BCUT2D eigenvalue weighted by molar-refractivity contribution is 5.72. The second-order valence-corrected chi connectivity index (χ2v) is 9.25. The Hall–Kier alpha value is -2.85. The van der Waals surface area contributed by atoms with Gasteiger partial charge in [0, 0.05) is 29.2 Å². The molecule has 0 unspecified atom stereocenters. The van der Waals surface area contributed by atoms with Crippen molar-refractivity contribution < 1.29 is 0 Å². The number of rotatable bonds is 9. The first kappa shape index (κ1) is 23.8. The molecular formula is C28H38N4. The quantitative estimate of drug-likeness (QED) is 0.470. The first-order valence-corrected chi connectivity index (χ1v) is 11.7. The van der Waals surface area contributed by atoms with E-state index in [1.807, 2.05) is 17.1 Å². The summed E-state index contributed by atoms with van der Waals surface area (Å²) in [5, 5.41) is 11.3. The van der Waals surface area contributed by atoms with Gasteiger partial charge in [-0.05, 0) is 100 Å². The first-order chi connectivity index (χ1) is 15.3. The van der Waals surface area contributed by atoms with E-state index in [0.29, 0.717) is 6.04 Å². The van der Waals surface area contributed by atoms with Gasteiger partial charge in [-0.2, -0.15) is 5.10 Å². The Labute approximate surface area is 193 Å². The third-order valence-electron chi connectivity index (χ3n) is 5.95. The van der Waals surface area contributed by atoms with Crippen molar-refractivity contribution in [1.82, 2.24) is 20.4 Å². The van der Waals surface area contributed by atoms with E-state index < -0.39 is 0 Å². The Morgan fingerprint density at radius 2 is 1.94 bits per heavy atom. The van der Waals surface area contributed by atoms with Crippen molar-refractivity contribution >= 4 is 11.3 Å². The van der Waals surface area contributed by atoms with Crippen LogP contribution >= 0.6 is 0 Å². The standard InChI is InChI=1S/C28H38N4/c1-20(2)32-19-28(18-30-32)22(4)14-21(3)15-23(5)31-24(6)27-9-7-8-26(17-27)16-25-10-12-29-13-11-25/h7-9,14-15,17-20,25,29,31H,4,6,10-13,16H2,1-3,5H3/b21-14+,23-15+. The van der Waals surface area contributed by atoms with Crippen molar-refractivity contribution in [3.05, 3.63) is 89.9 Å². The maximum Gasteiger partial charge on any atom is 0.0568 e. The molecule has 4 heteroatoms. The lowest BCUT2D eigenvalue weighted by molar-refractivity contribution is 0.372. The molecule has 1 aliphatic rings. The highest BCUT2D eigenvalue weighted by atomic mass is 15.3. The lowest BCUT2D eigenvalue weighted by Gasteiger charge is -2.22. The lowest BCUT2D eigenvalue weighted by atomic mass is 9.90. The fraction of sp³-hybridized carbons (Fsp3) is 0.393. The normalized spacial score (nSPS) is 15.8. The lowest BCUT2D eigenvalue weighted by Crippen LogP contribution is -2.28. The van der Waals surface area contributed by atoms with E-state index >= 15 is 0 Å². The molecule has 0 amide bonds. The van der Waals surface area contributed by atoms with Gasteiger partial charge in [0.05, 0.1) is 6.20 Å². The largest absolute Gasteiger partial charge is 0.359 e. The minimum absolute atomic E-state index is 0.345. The van der Waals surface area contributed by atoms with Crippen LogP contribution in [0.1, 0.15) is 63.3 Å². The average molecular weight is 431 g/mol. The molecule has 32 heavy (non-hydrogen) atoms. The zero-order valence-corrected chi connectivity index (χ0v) is 20.1. The van der Waals surface area contributed by atoms with Gasteiger partial charge >= 0.3 is 0 Å². The number of aromatic nitrogens is 2. The molecule has 2 N–H and O–H groups in total. The molecule has 4 nitrogen and oxygen atoms in total. The first-order valence-electron chi connectivity index (χ1n) is 11.7. The fourth-order valence-electron chi connectivity index (χ4n) is 4.18. The van der Waals surface area contributed by atoms with E-state index in [2.05, 4.69) is 93.0 Å². The number of hydrogen-bond acceptors (Lipinski definition) is 3. The Balaban J connectivity index is 1.60. The van der Waals surface area contributed by atoms with Gasteiger partial charge in [0.15, 0.2) is 0 Å². The highest BCUT2D eigenvalue weighted by Crippen LogP contribution is 2.21. The maximum atomic E-state index is 4.41.